The van der Waals surface area contributed by atoms with Crippen LogP contribution < -0.4 is 10.6 Å². The SMILES string of the molecule is O=C(CCNC(=O)C12CC3CC(CC(C3)C1)C2)NCCCN1CCCCCC1. The number of nitrogens with one attached hydrogen (secondary N) is 2. The highest BCUT2D eigenvalue weighted by Crippen LogP contribution is 2.60. The molecule has 158 valence electrons. The molecule has 0 aromatic heterocycles. The maximum atomic E-state index is 12.9. The van der Waals surface area contributed by atoms with Gasteiger partial charge in [0.25, 0.3) is 0 Å². The minimum atomic E-state index is -0.0988. The molecule has 4 saturated carbocycles. The van der Waals surface area contributed by atoms with Gasteiger partial charge >= 0.3 is 0 Å². The predicted octanol–water partition coefficient (Wildman–Crippen LogP) is 3.09. The van der Waals surface area contributed by atoms with Crippen LogP contribution in [0.4, 0.5) is 0 Å². The molecule has 2 N–H and O–H groups in total. The maximum Gasteiger partial charge on any atom is 0.226 e. The van der Waals surface area contributed by atoms with Gasteiger partial charge in [0, 0.05) is 24.9 Å². The van der Waals surface area contributed by atoms with Crippen molar-refractivity contribution in [1.29, 1.82) is 0 Å². The van der Waals surface area contributed by atoms with E-state index in [1.807, 2.05) is 0 Å². The third-order valence-corrected chi connectivity index (χ3v) is 7.83. The van der Waals surface area contributed by atoms with Crippen molar-refractivity contribution >= 4 is 11.8 Å². The summed E-state index contributed by atoms with van der Waals surface area (Å²) in [5.74, 6) is 2.65. The first-order chi connectivity index (χ1) is 13.6. The second-order valence-corrected chi connectivity index (χ2v) is 10.2. The zero-order valence-electron chi connectivity index (χ0n) is 17.5. The summed E-state index contributed by atoms with van der Waals surface area (Å²) < 4.78 is 0. The van der Waals surface area contributed by atoms with E-state index in [1.165, 1.54) is 58.0 Å². The lowest BCUT2D eigenvalue weighted by atomic mass is 9.49. The van der Waals surface area contributed by atoms with Crippen LogP contribution in [-0.4, -0.2) is 49.4 Å². The molecule has 4 bridgehead atoms. The van der Waals surface area contributed by atoms with Gasteiger partial charge in [-0.05, 0) is 95.2 Å². The number of hydrogen-bond acceptors (Lipinski definition) is 3. The Morgan fingerprint density at radius 2 is 1.43 bits per heavy atom. The van der Waals surface area contributed by atoms with E-state index < -0.39 is 0 Å². The minimum Gasteiger partial charge on any atom is -0.356 e. The van der Waals surface area contributed by atoms with Crippen LogP contribution in [0.3, 0.4) is 0 Å². The van der Waals surface area contributed by atoms with Crippen LogP contribution in [0, 0.1) is 23.2 Å². The van der Waals surface area contributed by atoms with Crippen LogP contribution in [0.1, 0.15) is 77.0 Å². The molecule has 5 fully saturated rings. The zero-order valence-corrected chi connectivity index (χ0v) is 17.5. The summed E-state index contributed by atoms with van der Waals surface area (Å²) in [7, 11) is 0. The Labute approximate surface area is 170 Å². The van der Waals surface area contributed by atoms with E-state index in [4.69, 9.17) is 0 Å². The lowest BCUT2D eigenvalue weighted by Gasteiger charge is -2.55. The maximum absolute atomic E-state index is 12.9. The predicted molar refractivity (Wildman–Crippen MR) is 111 cm³/mol. The van der Waals surface area contributed by atoms with E-state index in [1.54, 1.807) is 0 Å². The van der Waals surface area contributed by atoms with Gasteiger partial charge in [0.2, 0.25) is 11.8 Å². The van der Waals surface area contributed by atoms with Crippen LogP contribution in [0.2, 0.25) is 0 Å². The van der Waals surface area contributed by atoms with Gasteiger partial charge in [-0.3, -0.25) is 9.59 Å². The highest BCUT2D eigenvalue weighted by molar-refractivity contribution is 5.84. The number of carbonyl (C=O) groups is 2. The van der Waals surface area contributed by atoms with Crippen molar-refractivity contribution in [2.45, 2.75) is 77.0 Å². The molecule has 5 heteroatoms. The summed E-state index contributed by atoms with van der Waals surface area (Å²) in [4.78, 5) is 27.5. The van der Waals surface area contributed by atoms with E-state index in [2.05, 4.69) is 15.5 Å². The standard InChI is InChI=1S/C23H39N3O2/c27-21(24-7-5-11-26-9-3-1-2-4-10-26)6-8-25-22(28)23-15-18-12-19(16-23)14-20(13-18)17-23/h18-20H,1-17H2,(H,24,27)(H,25,28). The third-order valence-electron chi connectivity index (χ3n) is 7.83. The van der Waals surface area contributed by atoms with Crippen LogP contribution in [-0.2, 0) is 9.59 Å². The smallest absolute Gasteiger partial charge is 0.226 e. The zero-order chi connectivity index (χ0) is 19.4. The normalized spacial score (nSPS) is 34.8. The molecule has 2 amide bonds. The highest BCUT2D eigenvalue weighted by Gasteiger charge is 2.54. The first-order valence-electron chi connectivity index (χ1n) is 11.9. The lowest BCUT2D eigenvalue weighted by molar-refractivity contribution is -0.146. The van der Waals surface area contributed by atoms with E-state index in [0.717, 1.165) is 56.5 Å². The minimum absolute atomic E-state index is 0.0710. The molecular weight excluding hydrogens is 350 g/mol. The molecule has 0 atom stereocenters. The summed E-state index contributed by atoms with van der Waals surface area (Å²) in [6.45, 7) is 4.74. The van der Waals surface area contributed by atoms with Gasteiger partial charge in [0.05, 0.1) is 0 Å². The van der Waals surface area contributed by atoms with Gasteiger partial charge in [-0.15, -0.1) is 0 Å². The molecular formula is C23H39N3O2. The summed E-state index contributed by atoms with van der Waals surface area (Å²) in [5, 5.41) is 6.14. The number of carbonyl (C=O) groups excluding carboxylic acids is 2. The fraction of sp³-hybridized carbons (Fsp3) is 0.913. The van der Waals surface area contributed by atoms with E-state index in [-0.39, 0.29) is 17.2 Å². The Kier molecular flexibility index (Phi) is 6.59. The number of rotatable bonds is 8. The monoisotopic (exact) mass is 389 g/mol. The van der Waals surface area contributed by atoms with Crippen LogP contribution in [0.25, 0.3) is 0 Å². The number of likely N-dealkylation sites (tertiary alicyclic amines) is 1. The lowest BCUT2D eigenvalue weighted by Crippen LogP contribution is -2.53. The first-order valence-corrected chi connectivity index (χ1v) is 11.9. The molecule has 1 heterocycles. The molecule has 5 rings (SSSR count). The second kappa shape index (κ2) is 9.15. The highest BCUT2D eigenvalue weighted by atomic mass is 16.2. The van der Waals surface area contributed by atoms with Gasteiger partial charge in [-0.1, -0.05) is 12.8 Å². The van der Waals surface area contributed by atoms with Crippen LogP contribution in [0.5, 0.6) is 0 Å². The molecule has 0 spiro atoms. The van der Waals surface area contributed by atoms with Crippen molar-refractivity contribution in [3.8, 4) is 0 Å². The van der Waals surface area contributed by atoms with E-state index >= 15 is 0 Å². The molecule has 0 aromatic rings. The molecule has 1 aliphatic heterocycles. The van der Waals surface area contributed by atoms with Gasteiger partial charge < -0.3 is 15.5 Å². The van der Waals surface area contributed by atoms with Crippen molar-refractivity contribution in [2.24, 2.45) is 23.2 Å². The number of nitrogens with zero attached hydrogens (tertiary/aromatic N) is 1. The molecule has 5 nitrogen and oxygen atoms in total. The molecule has 1 saturated heterocycles. The summed E-state index contributed by atoms with van der Waals surface area (Å²) in [6.07, 6.45) is 14.1. The van der Waals surface area contributed by atoms with E-state index in [0.29, 0.717) is 13.0 Å². The molecule has 5 aliphatic rings. The molecule has 0 aromatic carbocycles. The van der Waals surface area contributed by atoms with Crippen molar-refractivity contribution in [2.75, 3.05) is 32.7 Å². The average molecular weight is 390 g/mol. The summed E-state index contributed by atoms with van der Waals surface area (Å²) in [6, 6.07) is 0. The van der Waals surface area contributed by atoms with Gasteiger partial charge in [0.1, 0.15) is 0 Å². The quantitative estimate of drug-likeness (QED) is 0.627. The Bertz CT molecular complexity index is 519. The fourth-order valence-electron chi connectivity index (χ4n) is 6.84. The first kappa shape index (κ1) is 20.2. The van der Waals surface area contributed by atoms with Crippen LogP contribution in [0.15, 0.2) is 0 Å². The summed E-state index contributed by atoms with van der Waals surface area (Å²) >= 11 is 0. The molecule has 28 heavy (non-hydrogen) atoms. The Balaban J connectivity index is 1.10. The Hall–Kier alpha value is -1.10. The molecule has 0 unspecified atom stereocenters. The van der Waals surface area contributed by atoms with E-state index in [9.17, 15) is 9.59 Å². The van der Waals surface area contributed by atoms with Crippen molar-refractivity contribution in [3.05, 3.63) is 0 Å². The molecule has 4 aliphatic carbocycles. The number of hydrogen-bond donors (Lipinski definition) is 2. The third kappa shape index (κ3) is 4.90. The number of amides is 2. The second-order valence-electron chi connectivity index (χ2n) is 10.2. The van der Waals surface area contributed by atoms with Crippen LogP contribution >= 0.6 is 0 Å². The van der Waals surface area contributed by atoms with Crippen molar-refractivity contribution in [3.63, 3.8) is 0 Å². The fourth-order valence-corrected chi connectivity index (χ4v) is 6.84. The van der Waals surface area contributed by atoms with Gasteiger partial charge in [0.15, 0.2) is 0 Å². The largest absolute Gasteiger partial charge is 0.356 e. The Morgan fingerprint density at radius 1 is 0.821 bits per heavy atom. The topological polar surface area (TPSA) is 61.4 Å². The van der Waals surface area contributed by atoms with Crippen molar-refractivity contribution in [1.82, 2.24) is 15.5 Å². The Morgan fingerprint density at radius 3 is 2.04 bits per heavy atom. The van der Waals surface area contributed by atoms with Crippen molar-refractivity contribution < 1.29 is 9.59 Å². The summed E-state index contributed by atoms with van der Waals surface area (Å²) in [5.41, 5.74) is -0.0988. The molecule has 0 radical (unpaired) electrons. The van der Waals surface area contributed by atoms with Gasteiger partial charge in [-0.25, -0.2) is 0 Å². The van der Waals surface area contributed by atoms with Gasteiger partial charge in [-0.2, -0.15) is 0 Å². The average Bonchev–Trinajstić information content (AvgIpc) is 2.93.